The molecule has 0 spiro atoms. The molecule has 0 fully saturated rings. The molecule has 0 aliphatic heterocycles. The lowest BCUT2D eigenvalue weighted by Gasteiger charge is -2.09. The van der Waals surface area contributed by atoms with Crippen molar-refractivity contribution in [2.45, 2.75) is 6.10 Å². The molecule has 1 unspecified atom stereocenters. The number of hydrogen-bond acceptors (Lipinski definition) is 1. The molecule has 65 valence electrons. The molecular weight excluding hydrogens is 263 g/mol. The summed E-state index contributed by atoms with van der Waals surface area (Å²) in [7, 11) is 0. The Morgan fingerprint density at radius 2 is 1.75 bits per heavy atom. The lowest BCUT2D eigenvalue weighted by molar-refractivity contribution is 0.226. The van der Waals surface area contributed by atoms with Crippen molar-refractivity contribution in [3.8, 4) is 0 Å². The number of aliphatic hydroxyl groups excluding tert-OH is 1. The zero-order chi connectivity index (χ0) is 9.30. The van der Waals surface area contributed by atoms with Crippen molar-refractivity contribution in [2.24, 2.45) is 0 Å². The third-order valence-electron chi connectivity index (χ3n) is 1.38. The number of hydrogen-bond donors (Lipinski definition) is 1. The zero-order valence-electron chi connectivity index (χ0n) is 6.02. The van der Waals surface area contributed by atoms with Crippen LogP contribution < -0.4 is 0 Å². The van der Waals surface area contributed by atoms with E-state index in [0.717, 1.165) is 4.47 Å². The maximum atomic E-state index is 9.18. The molecule has 0 bridgehead atoms. The van der Waals surface area contributed by atoms with Crippen molar-refractivity contribution in [3.63, 3.8) is 0 Å². The predicted octanol–water partition coefficient (Wildman–Crippen LogP) is 3.62. The SMILES string of the molecule is [CH2]C(O)c1c(Cl)cc(Br)cc1Cl. The van der Waals surface area contributed by atoms with Gasteiger partial charge in [0, 0.05) is 20.1 Å². The van der Waals surface area contributed by atoms with Crippen LogP contribution in [0.1, 0.15) is 11.7 Å². The summed E-state index contributed by atoms with van der Waals surface area (Å²) in [5.41, 5.74) is 0.460. The molecule has 1 rings (SSSR count). The highest BCUT2D eigenvalue weighted by atomic mass is 79.9. The number of benzene rings is 1. The fourth-order valence-electron chi connectivity index (χ4n) is 0.872. The minimum absolute atomic E-state index is 0.414. The zero-order valence-corrected chi connectivity index (χ0v) is 9.12. The van der Waals surface area contributed by atoms with Crippen LogP contribution in [0.5, 0.6) is 0 Å². The molecule has 1 radical (unpaired) electrons. The van der Waals surface area contributed by atoms with Gasteiger partial charge in [0.15, 0.2) is 0 Å². The Bertz CT molecular complexity index is 276. The second kappa shape index (κ2) is 3.97. The molecule has 1 aromatic rings. The van der Waals surface area contributed by atoms with E-state index in [9.17, 15) is 5.11 Å². The Kier molecular flexibility index (Phi) is 3.41. The van der Waals surface area contributed by atoms with Crippen LogP contribution in [0.15, 0.2) is 16.6 Å². The molecule has 12 heavy (non-hydrogen) atoms. The molecule has 1 N–H and O–H groups in total. The lowest BCUT2D eigenvalue weighted by atomic mass is 10.1. The van der Waals surface area contributed by atoms with Gasteiger partial charge in [0.25, 0.3) is 0 Å². The Labute approximate surface area is 89.4 Å². The maximum absolute atomic E-state index is 9.18. The number of aliphatic hydroxyl groups is 1. The summed E-state index contributed by atoms with van der Waals surface area (Å²) < 4.78 is 0.780. The fourth-order valence-corrected chi connectivity index (χ4v) is 2.33. The predicted molar refractivity (Wildman–Crippen MR) is 54.5 cm³/mol. The van der Waals surface area contributed by atoms with Gasteiger partial charge in [-0.15, -0.1) is 0 Å². The highest BCUT2D eigenvalue weighted by Gasteiger charge is 2.11. The van der Waals surface area contributed by atoms with Crippen LogP contribution >= 0.6 is 39.1 Å². The van der Waals surface area contributed by atoms with Crippen molar-refractivity contribution in [1.82, 2.24) is 0 Å². The van der Waals surface area contributed by atoms with Crippen LogP contribution in [-0.2, 0) is 0 Å². The average Bonchev–Trinajstić information content (AvgIpc) is 1.82. The highest BCUT2D eigenvalue weighted by Crippen LogP contribution is 2.33. The van der Waals surface area contributed by atoms with Crippen molar-refractivity contribution in [2.75, 3.05) is 0 Å². The fraction of sp³-hybridized carbons (Fsp3) is 0.125. The molecule has 0 amide bonds. The Balaban J connectivity index is 3.28. The third-order valence-corrected chi connectivity index (χ3v) is 2.46. The first-order valence-electron chi connectivity index (χ1n) is 3.18. The van der Waals surface area contributed by atoms with Gasteiger partial charge in [-0.25, -0.2) is 0 Å². The summed E-state index contributed by atoms with van der Waals surface area (Å²) in [6.45, 7) is 3.43. The van der Waals surface area contributed by atoms with Gasteiger partial charge in [0.2, 0.25) is 0 Å². The van der Waals surface area contributed by atoms with Crippen LogP contribution in [0, 0.1) is 6.92 Å². The monoisotopic (exact) mass is 267 g/mol. The maximum Gasteiger partial charge on any atom is 0.0820 e. The van der Waals surface area contributed by atoms with E-state index in [2.05, 4.69) is 22.9 Å². The first kappa shape index (κ1) is 10.3. The normalized spacial score (nSPS) is 13.1. The average molecular weight is 269 g/mol. The van der Waals surface area contributed by atoms with E-state index in [-0.39, 0.29) is 0 Å². The van der Waals surface area contributed by atoms with Crippen LogP contribution in [0.2, 0.25) is 10.0 Å². The largest absolute Gasteiger partial charge is 0.388 e. The molecule has 0 saturated carbocycles. The van der Waals surface area contributed by atoms with Crippen molar-refractivity contribution < 1.29 is 5.11 Å². The van der Waals surface area contributed by atoms with Crippen molar-refractivity contribution >= 4 is 39.1 Å². The summed E-state index contributed by atoms with van der Waals surface area (Å²) in [6.07, 6.45) is -0.891. The molecule has 1 aromatic carbocycles. The molecule has 4 heteroatoms. The Morgan fingerprint density at radius 1 is 1.33 bits per heavy atom. The van der Waals surface area contributed by atoms with Crippen molar-refractivity contribution in [3.05, 3.63) is 39.1 Å². The molecule has 0 aliphatic carbocycles. The van der Waals surface area contributed by atoms with Crippen LogP contribution in [0.4, 0.5) is 0 Å². The van der Waals surface area contributed by atoms with Gasteiger partial charge < -0.3 is 5.11 Å². The van der Waals surface area contributed by atoms with E-state index < -0.39 is 6.10 Å². The Hall–Kier alpha value is 0.240. The van der Waals surface area contributed by atoms with Gasteiger partial charge in [-0.3, -0.25) is 0 Å². The molecule has 0 saturated heterocycles. The molecule has 0 aliphatic rings. The topological polar surface area (TPSA) is 20.2 Å². The number of rotatable bonds is 1. The van der Waals surface area contributed by atoms with Crippen LogP contribution in [-0.4, -0.2) is 5.11 Å². The van der Waals surface area contributed by atoms with Crippen molar-refractivity contribution in [1.29, 1.82) is 0 Å². The summed E-state index contributed by atoms with van der Waals surface area (Å²) >= 11 is 14.9. The second-order valence-corrected chi connectivity index (χ2v) is 4.03. The van der Waals surface area contributed by atoms with E-state index in [1.165, 1.54) is 0 Å². The third kappa shape index (κ3) is 2.13. The van der Waals surface area contributed by atoms with Gasteiger partial charge in [-0.2, -0.15) is 0 Å². The van der Waals surface area contributed by atoms with Gasteiger partial charge in [-0.1, -0.05) is 39.1 Å². The molecule has 0 aromatic heterocycles. The summed E-state index contributed by atoms with van der Waals surface area (Å²) in [6, 6.07) is 3.33. The molecular formula is C8H6BrCl2O. The Morgan fingerprint density at radius 3 is 2.08 bits per heavy atom. The second-order valence-electron chi connectivity index (χ2n) is 2.30. The number of halogens is 3. The van der Waals surface area contributed by atoms with Gasteiger partial charge >= 0.3 is 0 Å². The summed E-state index contributed by atoms with van der Waals surface area (Å²) in [5.74, 6) is 0. The van der Waals surface area contributed by atoms with E-state index in [1.807, 2.05) is 0 Å². The van der Waals surface area contributed by atoms with E-state index in [0.29, 0.717) is 15.6 Å². The molecule has 1 atom stereocenters. The highest BCUT2D eigenvalue weighted by molar-refractivity contribution is 9.10. The van der Waals surface area contributed by atoms with E-state index >= 15 is 0 Å². The van der Waals surface area contributed by atoms with E-state index in [1.54, 1.807) is 12.1 Å². The van der Waals surface area contributed by atoms with Gasteiger partial charge in [0.1, 0.15) is 0 Å². The minimum Gasteiger partial charge on any atom is -0.388 e. The van der Waals surface area contributed by atoms with Gasteiger partial charge in [-0.05, 0) is 19.1 Å². The molecule has 0 heterocycles. The quantitative estimate of drug-likeness (QED) is 0.825. The first-order valence-corrected chi connectivity index (χ1v) is 4.73. The van der Waals surface area contributed by atoms with Crippen LogP contribution in [0.25, 0.3) is 0 Å². The van der Waals surface area contributed by atoms with Crippen LogP contribution in [0.3, 0.4) is 0 Å². The molecule has 1 nitrogen and oxygen atoms in total. The summed E-state index contributed by atoms with van der Waals surface area (Å²) in [4.78, 5) is 0. The first-order chi connectivity index (χ1) is 5.52. The lowest BCUT2D eigenvalue weighted by Crippen LogP contribution is -1.93. The van der Waals surface area contributed by atoms with Gasteiger partial charge in [0.05, 0.1) is 6.10 Å². The van der Waals surface area contributed by atoms with E-state index in [4.69, 9.17) is 23.2 Å². The smallest absolute Gasteiger partial charge is 0.0820 e. The standard InChI is InChI=1S/C8H6BrCl2O/c1-4(12)8-6(10)2-5(9)3-7(8)11/h2-4,12H,1H2. The minimum atomic E-state index is -0.891. The summed E-state index contributed by atoms with van der Waals surface area (Å²) in [5, 5.41) is 10.0.